The van der Waals surface area contributed by atoms with Crippen molar-refractivity contribution in [1.82, 2.24) is 20.2 Å². The zero-order valence-corrected chi connectivity index (χ0v) is 18.5. The van der Waals surface area contributed by atoms with E-state index in [1.165, 1.54) is 0 Å². The van der Waals surface area contributed by atoms with Crippen LogP contribution in [-0.2, 0) is 17.9 Å². The molecule has 2 aromatic rings. The van der Waals surface area contributed by atoms with Crippen molar-refractivity contribution in [2.45, 2.75) is 44.0 Å². The van der Waals surface area contributed by atoms with Crippen LogP contribution in [0, 0.1) is 6.92 Å². The number of methoxy groups -OCH3 is 1. The molecule has 3 heterocycles. The fraction of sp³-hybridized carbons (Fsp3) is 0.391. The summed E-state index contributed by atoms with van der Waals surface area (Å²) < 4.78 is 5.50. The molecule has 0 aromatic heterocycles. The first kappa shape index (κ1) is 20.2. The number of benzene rings is 2. The highest BCUT2D eigenvalue weighted by atomic mass is 32.2. The number of carbonyl (C=O) groups is 2. The van der Waals surface area contributed by atoms with Gasteiger partial charge >= 0.3 is 6.03 Å². The van der Waals surface area contributed by atoms with Gasteiger partial charge in [-0.1, -0.05) is 48.0 Å². The maximum absolute atomic E-state index is 13.4. The molecule has 3 unspecified atom stereocenters. The topological polar surface area (TPSA) is 65.1 Å². The Balaban J connectivity index is 1.45. The van der Waals surface area contributed by atoms with Gasteiger partial charge in [-0.3, -0.25) is 14.7 Å². The summed E-state index contributed by atoms with van der Waals surface area (Å²) in [7, 11) is 1.63. The smallest absolute Gasteiger partial charge is 0.337 e. The Labute approximate surface area is 186 Å². The molecular weight excluding hydrogens is 412 g/mol. The van der Waals surface area contributed by atoms with Crippen LogP contribution in [0.4, 0.5) is 4.79 Å². The number of amides is 3. The van der Waals surface area contributed by atoms with Crippen molar-refractivity contribution in [1.29, 1.82) is 0 Å². The fourth-order valence-electron chi connectivity index (χ4n) is 4.71. The Hall–Kier alpha value is -2.71. The van der Waals surface area contributed by atoms with Crippen LogP contribution >= 0.6 is 11.8 Å². The number of carbonyl (C=O) groups excluding carboxylic acids is 2. The molecule has 31 heavy (non-hydrogen) atoms. The summed E-state index contributed by atoms with van der Waals surface area (Å²) in [5.41, 5.74) is 6.46. The van der Waals surface area contributed by atoms with Crippen molar-refractivity contribution < 1.29 is 14.3 Å². The molecule has 7 nitrogen and oxygen atoms in total. The first-order chi connectivity index (χ1) is 15.1. The summed E-state index contributed by atoms with van der Waals surface area (Å²) in [5, 5.41) is 1.43. The van der Waals surface area contributed by atoms with Crippen molar-refractivity contribution in [3.63, 3.8) is 0 Å². The van der Waals surface area contributed by atoms with E-state index < -0.39 is 6.29 Å². The van der Waals surface area contributed by atoms with Crippen molar-refractivity contribution in [2.24, 2.45) is 0 Å². The minimum atomic E-state index is -0.491. The van der Waals surface area contributed by atoms with E-state index in [1.807, 2.05) is 54.3 Å². The Bertz CT molecular complexity index is 1020. The predicted molar refractivity (Wildman–Crippen MR) is 119 cm³/mol. The number of hydrogen-bond donors (Lipinski definition) is 1. The average Bonchev–Trinajstić information content (AvgIpc) is 3.37. The van der Waals surface area contributed by atoms with Crippen LogP contribution in [0.1, 0.15) is 23.1 Å². The molecule has 3 fully saturated rings. The maximum atomic E-state index is 13.4. The number of para-hydroxylation sites is 1. The van der Waals surface area contributed by atoms with Crippen molar-refractivity contribution in [3.8, 4) is 5.75 Å². The van der Waals surface area contributed by atoms with Crippen LogP contribution in [0.25, 0.3) is 0 Å². The number of hydrogen-bond acceptors (Lipinski definition) is 5. The lowest BCUT2D eigenvalue weighted by molar-refractivity contribution is -0.145. The molecule has 0 spiro atoms. The molecule has 1 N–H and O–H groups in total. The summed E-state index contributed by atoms with van der Waals surface area (Å²) in [4.78, 5) is 30.5. The number of rotatable bonds is 5. The molecule has 5 rings (SSSR count). The van der Waals surface area contributed by atoms with E-state index in [0.717, 1.165) is 34.6 Å². The van der Waals surface area contributed by atoms with E-state index in [-0.39, 0.29) is 23.2 Å². The monoisotopic (exact) mass is 438 g/mol. The van der Waals surface area contributed by atoms with Gasteiger partial charge in [0.25, 0.3) is 0 Å². The second-order valence-corrected chi connectivity index (χ2v) is 9.44. The zero-order valence-electron chi connectivity index (χ0n) is 17.7. The largest absolute Gasteiger partial charge is 0.496 e. The highest BCUT2D eigenvalue weighted by molar-refractivity contribution is 8.00. The Morgan fingerprint density at radius 2 is 1.97 bits per heavy atom. The van der Waals surface area contributed by atoms with Gasteiger partial charge in [-0.15, -0.1) is 11.8 Å². The van der Waals surface area contributed by atoms with Crippen LogP contribution < -0.4 is 10.2 Å². The van der Waals surface area contributed by atoms with Crippen LogP contribution in [0.5, 0.6) is 5.75 Å². The maximum Gasteiger partial charge on any atom is 0.337 e. The summed E-state index contributed by atoms with van der Waals surface area (Å²) in [5.74, 6) is 1.71. The zero-order chi connectivity index (χ0) is 21.5. The van der Waals surface area contributed by atoms with Gasteiger partial charge in [0, 0.05) is 5.56 Å². The van der Waals surface area contributed by atoms with Crippen molar-refractivity contribution in [3.05, 3.63) is 65.2 Å². The Kier molecular flexibility index (Phi) is 5.27. The minimum Gasteiger partial charge on any atom is -0.496 e. The number of nitrogens with zero attached hydrogens (tertiary/aromatic N) is 3. The van der Waals surface area contributed by atoms with Gasteiger partial charge in [0.1, 0.15) is 11.0 Å². The van der Waals surface area contributed by atoms with E-state index in [0.29, 0.717) is 13.1 Å². The second kappa shape index (κ2) is 8.09. The number of fused-ring (bicyclic) bond motifs is 3. The molecule has 0 radical (unpaired) electrons. The molecule has 162 valence electrons. The van der Waals surface area contributed by atoms with E-state index in [4.69, 9.17) is 4.74 Å². The Morgan fingerprint density at radius 3 is 2.77 bits per heavy atom. The SMILES string of the molecule is COc1ccccc1CN1C(=O)C2SCCC2N2C(=O)N(Cc3cccc(C)c3)NC12. The molecule has 0 aliphatic carbocycles. The van der Waals surface area contributed by atoms with Gasteiger partial charge in [0.15, 0.2) is 6.29 Å². The third-order valence-corrected chi connectivity index (χ3v) is 7.53. The second-order valence-electron chi connectivity index (χ2n) is 8.19. The summed E-state index contributed by atoms with van der Waals surface area (Å²) in [6.07, 6.45) is 0.348. The predicted octanol–water partition coefficient (Wildman–Crippen LogP) is 2.95. The fourth-order valence-corrected chi connectivity index (χ4v) is 6.11. The molecular formula is C23H26N4O3S. The van der Waals surface area contributed by atoms with Crippen molar-refractivity contribution >= 4 is 23.7 Å². The van der Waals surface area contributed by atoms with Gasteiger partial charge in [-0.2, -0.15) is 5.43 Å². The number of urea groups is 1. The third-order valence-electron chi connectivity index (χ3n) is 6.18. The van der Waals surface area contributed by atoms with Gasteiger partial charge < -0.3 is 9.64 Å². The molecule has 3 atom stereocenters. The number of nitrogens with one attached hydrogen (secondary N) is 1. The van der Waals surface area contributed by atoms with Crippen LogP contribution in [0.2, 0.25) is 0 Å². The molecule has 3 saturated heterocycles. The number of ether oxygens (including phenoxy) is 1. The lowest BCUT2D eigenvalue weighted by Gasteiger charge is -2.44. The molecule has 8 heteroatoms. The normalized spacial score (nSPS) is 25.1. The molecule has 2 aromatic carbocycles. The quantitative estimate of drug-likeness (QED) is 0.778. The highest BCUT2D eigenvalue weighted by Crippen LogP contribution is 2.40. The molecule has 3 aliphatic heterocycles. The lowest BCUT2D eigenvalue weighted by atomic mass is 10.0. The van der Waals surface area contributed by atoms with E-state index >= 15 is 0 Å². The van der Waals surface area contributed by atoms with Crippen LogP contribution in [0.15, 0.2) is 48.5 Å². The molecule has 0 bridgehead atoms. The van der Waals surface area contributed by atoms with E-state index in [9.17, 15) is 9.59 Å². The molecule has 3 amide bonds. The average molecular weight is 439 g/mol. The molecule has 0 saturated carbocycles. The third kappa shape index (κ3) is 3.53. The number of aryl methyl sites for hydroxylation is 1. The first-order valence-electron chi connectivity index (χ1n) is 10.5. The van der Waals surface area contributed by atoms with Gasteiger partial charge in [-0.25, -0.2) is 4.79 Å². The Morgan fingerprint density at radius 1 is 1.13 bits per heavy atom. The number of thioether (sulfide) groups is 1. The first-order valence-corrected chi connectivity index (χ1v) is 11.6. The van der Waals surface area contributed by atoms with Gasteiger partial charge in [-0.05, 0) is 30.7 Å². The lowest BCUT2D eigenvalue weighted by Crippen LogP contribution is -2.65. The van der Waals surface area contributed by atoms with E-state index in [1.54, 1.807) is 28.8 Å². The minimum absolute atomic E-state index is 0.0680. The van der Waals surface area contributed by atoms with Gasteiger partial charge in [0.05, 0.1) is 26.2 Å². The summed E-state index contributed by atoms with van der Waals surface area (Å²) in [6, 6.07) is 15.7. The standard InChI is InChI=1S/C23H26N4O3S/c1-15-6-5-7-16(12-15)13-26-23(29)27-18-10-11-31-20(18)21(28)25(22(27)24-26)14-17-8-3-4-9-19(17)30-2/h3-9,12,18,20,22,24H,10-11,13-14H2,1-2H3. The van der Waals surface area contributed by atoms with Crippen LogP contribution in [-0.4, -0.2) is 57.2 Å². The summed E-state index contributed by atoms with van der Waals surface area (Å²) >= 11 is 1.65. The van der Waals surface area contributed by atoms with E-state index in [2.05, 4.69) is 11.5 Å². The van der Waals surface area contributed by atoms with Gasteiger partial charge in [0.2, 0.25) is 5.91 Å². The summed E-state index contributed by atoms with van der Waals surface area (Å²) in [6.45, 7) is 2.88. The molecule has 3 aliphatic rings. The highest BCUT2D eigenvalue weighted by Gasteiger charge is 2.55. The van der Waals surface area contributed by atoms with Crippen LogP contribution in [0.3, 0.4) is 0 Å². The van der Waals surface area contributed by atoms with Crippen molar-refractivity contribution in [2.75, 3.05) is 12.9 Å². The number of hydrazine groups is 1.